The van der Waals surface area contributed by atoms with Gasteiger partial charge in [-0.3, -0.25) is 9.78 Å². The number of anilines is 1. The first-order valence-corrected chi connectivity index (χ1v) is 4.06. The van der Waals surface area contributed by atoms with E-state index in [0.29, 0.717) is 0 Å². The fourth-order valence-corrected chi connectivity index (χ4v) is 0.934. The maximum atomic E-state index is 11.4. The summed E-state index contributed by atoms with van der Waals surface area (Å²) in [5, 5.41) is 0. The fourth-order valence-electron chi connectivity index (χ4n) is 0.934. The Bertz CT molecular complexity index is 306. The molecule has 0 atom stereocenters. The van der Waals surface area contributed by atoms with E-state index in [1.165, 1.54) is 6.08 Å². The van der Waals surface area contributed by atoms with Gasteiger partial charge in [-0.25, -0.2) is 0 Å². The Morgan fingerprint density at radius 3 is 2.92 bits per heavy atom. The number of amides is 1. The van der Waals surface area contributed by atoms with Gasteiger partial charge in [0.25, 0.3) is 0 Å². The van der Waals surface area contributed by atoms with Gasteiger partial charge in [0.15, 0.2) is 0 Å². The van der Waals surface area contributed by atoms with Crippen molar-refractivity contribution in [3.8, 4) is 0 Å². The summed E-state index contributed by atoms with van der Waals surface area (Å²) in [4.78, 5) is 16.8. The van der Waals surface area contributed by atoms with Crippen molar-refractivity contribution in [2.45, 2.75) is 6.92 Å². The first-order chi connectivity index (χ1) is 6.25. The van der Waals surface area contributed by atoms with Gasteiger partial charge in [-0.05, 0) is 25.1 Å². The quantitative estimate of drug-likeness (QED) is 0.641. The van der Waals surface area contributed by atoms with E-state index in [4.69, 9.17) is 0 Å². The molecule has 3 heteroatoms. The van der Waals surface area contributed by atoms with Crippen LogP contribution in [0.3, 0.4) is 0 Å². The van der Waals surface area contributed by atoms with Crippen LogP contribution in [0, 0.1) is 0 Å². The van der Waals surface area contributed by atoms with E-state index in [-0.39, 0.29) is 5.91 Å². The highest BCUT2D eigenvalue weighted by molar-refractivity contribution is 6.00. The van der Waals surface area contributed by atoms with Gasteiger partial charge in [0.1, 0.15) is 0 Å². The van der Waals surface area contributed by atoms with Gasteiger partial charge in [-0.2, -0.15) is 0 Å². The zero-order chi connectivity index (χ0) is 9.68. The van der Waals surface area contributed by atoms with Crippen molar-refractivity contribution >= 4 is 11.6 Å². The molecule has 1 heterocycles. The molecule has 68 valence electrons. The summed E-state index contributed by atoms with van der Waals surface area (Å²) in [6.07, 6.45) is 6.57. The number of hydrogen-bond donors (Lipinski definition) is 0. The molecular weight excluding hydrogens is 164 g/mol. The van der Waals surface area contributed by atoms with Crippen LogP contribution >= 0.6 is 0 Å². The van der Waals surface area contributed by atoms with Gasteiger partial charge >= 0.3 is 0 Å². The molecule has 0 aliphatic heterocycles. The van der Waals surface area contributed by atoms with Crippen LogP contribution in [0.4, 0.5) is 5.69 Å². The number of carbonyl (C=O) groups is 1. The van der Waals surface area contributed by atoms with Crippen molar-refractivity contribution in [2.75, 3.05) is 11.9 Å². The molecule has 0 aliphatic carbocycles. The van der Waals surface area contributed by atoms with Crippen LogP contribution in [0.15, 0.2) is 36.7 Å². The number of aromatic nitrogens is 1. The monoisotopic (exact) mass is 176 g/mol. The van der Waals surface area contributed by atoms with Crippen LogP contribution in [0.1, 0.15) is 6.92 Å². The minimum absolute atomic E-state index is 0.0458. The second-order valence-electron chi connectivity index (χ2n) is 2.61. The molecule has 1 rings (SSSR count). The van der Waals surface area contributed by atoms with Crippen molar-refractivity contribution in [3.63, 3.8) is 0 Å². The Morgan fingerprint density at radius 2 is 2.38 bits per heavy atom. The molecule has 1 amide bonds. The van der Waals surface area contributed by atoms with Gasteiger partial charge in [0.05, 0.1) is 11.9 Å². The summed E-state index contributed by atoms with van der Waals surface area (Å²) in [6.45, 7) is 1.81. The SMILES string of the molecule is C/C=C\C(=O)N(C)c1cccnc1. The smallest absolute Gasteiger partial charge is 0.250 e. The first kappa shape index (κ1) is 9.45. The summed E-state index contributed by atoms with van der Waals surface area (Å²) < 4.78 is 0. The number of carbonyl (C=O) groups excluding carboxylic acids is 1. The lowest BCUT2D eigenvalue weighted by Crippen LogP contribution is -2.23. The van der Waals surface area contributed by atoms with Gasteiger partial charge in [0.2, 0.25) is 5.91 Å². The van der Waals surface area contributed by atoms with Gasteiger partial charge in [-0.15, -0.1) is 0 Å². The summed E-state index contributed by atoms with van der Waals surface area (Å²) in [5.41, 5.74) is 0.797. The van der Waals surface area contributed by atoms with Crippen molar-refractivity contribution in [2.24, 2.45) is 0 Å². The Balaban J connectivity index is 2.79. The van der Waals surface area contributed by atoms with Gasteiger partial charge in [0, 0.05) is 13.2 Å². The predicted octanol–water partition coefficient (Wildman–Crippen LogP) is 1.62. The third-order valence-electron chi connectivity index (χ3n) is 1.67. The number of pyridine rings is 1. The van der Waals surface area contributed by atoms with Crippen molar-refractivity contribution in [3.05, 3.63) is 36.7 Å². The molecule has 0 saturated heterocycles. The van der Waals surface area contributed by atoms with E-state index in [0.717, 1.165) is 5.69 Å². The summed E-state index contributed by atoms with van der Waals surface area (Å²) in [5.74, 6) is -0.0458. The molecule has 0 fully saturated rings. The molecule has 0 spiro atoms. The number of likely N-dealkylation sites (N-methyl/N-ethyl adjacent to an activating group) is 1. The van der Waals surface area contributed by atoms with Crippen LogP contribution in [0.25, 0.3) is 0 Å². The van der Waals surface area contributed by atoms with Crippen LogP contribution in [0.2, 0.25) is 0 Å². The summed E-state index contributed by atoms with van der Waals surface area (Å²) in [6, 6.07) is 3.64. The number of allylic oxidation sites excluding steroid dienone is 1. The predicted molar refractivity (Wildman–Crippen MR) is 52.5 cm³/mol. The van der Waals surface area contributed by atoms with E-state index in [1.54, 1.807) is 36.5 Å². The van der Waals surface area contributed by atoms with E-state index < -0.39 is 0 Å². The lowest BCUT2D eigenvalue weighted by Gasteiger charge is -2.13. The third kappa shape index (κ3) is 2.40. The molecule has 0 radical (unpaired) electrons. The largest absolute Gasteiger partial charge is 0.310 e. The summed E-state index contributed by atoms with van der Waals surface area (Å²) >= 11 is 0. The third-order valence-corrected chi connectivity index (χ3v) is 1.67. The number of rotatable bonds is 2. The average molecular weight is 176 g/mol. The van der Waals surface area contributed by atoms with Crippen molar-refractivity contribution in [1.29, 1.82) is 0 Å². The highest BCUT2D eigenvalue weighted by atomic mass is 16.2. The van der Waals surface area contributed by atoms with E-state index in [9.17, 15) is 4.79 Å². The fraction of sp³-hybridized carbons (Fsp3) is 0.200. The maximum Gasteiger partial charge on any atom is 0.250 e. The Labute approximate surface area is 77.7 Å². The molecule has 0 N–H and O–H groups in total. The van der Waals surface area contributed by atoms with Crippen molar-refractivity contribution in [1.82, 2.24) is 4.98 Å². The van der Waals surface area contributed by atoms with Gasteiger partial charge in [-0.1, -0.05) is 6.08 Å². The molecule has 0 aliphatic rings. The van der Waals surface area contributed by atoms with E-state index in [2.05, 4.69) is 4.98 Å². The second-order valence-corrected chi connectivity index (χ2v) is 2.61. The lowest BCUT2D eigenvalue weighted by atomic mass is 10.3. The highest BCUT2D eigenvalue weighted by Crippen LogP contribution is 2.09. The topological polar surface area (TPSA) is 33.2 Å². The Morgan fingerprint density at radius 1 is 1.62 bits per heavy atom. The van der Waals surface area contributed by atoms with Crippen LogP contribution < -0.4 is 4.90 Å². The van der Waals surface area contributed by atoms with Gasteiger partial charge < -0.3 is 4.90 Å². The highest BCUT2D eigenvalue weighted by Gasteiger charge is 2.05. The molecule has 13 heavy (non-hydrogen) atoms. The standard InChI is InChI=1S/C10H12N2O/c1-3-5-10(13)12(2)9-6-4-7-11-8-9/h3-8H,1-2H3/b5-3-. The number of hydrogen-bond acceptors (Lipinski definition) is 2. The zero-order valence-electron chi connectivity index (χ0n) is 7.77. The molecule has 0 bridgehead atoms. The minimum Gasteiger partial charge on any atom is -0.310 e. The zero-order valence-corrected chi connectivity index (χ0v) is 7.77. The molecule has 0 unspecified atom stereocenters. The van der Waals surface area contributed by atoms with E-state index in [1.807, 2.05) is 13.0 Å². The molecule has 3 nitrogen and oxygen atoms in total. The molecular formula is C10H12N2O. The molecule has 1 aromatic heterocycles. The Kier molecular flexibility index (Phi) is 3.20. The maximum absolute atomic E-state index is 11.4. The first-order valence-electron chi connectivity index (χ1n) is 4.06. The van der Waals surface area contributed by atoms with Crippen LogP contribution in [-0.2, 0) is 4.79 Å². The number of nitrogens with zero attached hydrogens (tertiary/aromatic N) is 2. The minimum atomic E-state index is -0.0458. The van der Waals surface area contributed by atoms with Crippen LogP contribution in [-0.4, -0.2) is 17.9 Å². The van der Waals surface area contributed by atoms with Crippen LogP contribution in [0.5, 0.6) is 0 Å². The molecule has 0 saturated carbocycles. The Hall–Kier alpha value is -1.64. The van der Waals surface area contributed by atoms with E-state index >= 15 is 0 Å². The van der Waals surface area contributed by atoms with Crippen molar-refractivity contribution < 1.29 is 4.79 Å². The lowest BCUT2D eigenvalue weighted by molar-refractivity contribution is -0.113. The molecule has 0 aromatic carbocycles. The average Bonchev–Trinajstić information content (AvgIpc) is 2.18. The second kappa shape index (κ2) is 4.40. The summed E-state index contributed by atoms with van der Waals surface area (Å²) in [7, 11) is 1.72. The molecule has 1 aromatic rings. The normalized spacial score (nSPS) is 10.3.